The Balaban J connectivity index is -0.000000520. The number of aliphatic carboxylic acids is 1. The van der Waals surface area contributed by atoms with E-state index in [1.807, 2.05) is 0 Å². The number of carbonyl (C=O) groups is 1. The second-order valence-electron chi connectivity index (χ2n) is 5.09. The van der Waals surface area contributed by atoms with Gasteiger partial charge in [0.15, 0.2) is 0 Å². The fourth-order valence-electron chi connectivity index (χ4n) is 1.94. The molecule has 0 aliphatic rings. The third-order valence-electron chi connectivity index (χ3n) is 2.99. The van der Waals surface area contributed by atoms with Crippen LogP contribution in [0.4, 0.5) is 0 Å². The molecule has 0 aliphatic heterocycles. The Labute approximate surface area is 175 Å². The van der Waals surface area contributed by atoms with Crippen LogP contribution in [0.25, 0.3) is 0 Å². The Hall–Kier alpha value is 0.911. The Kier molecular flexibility index (Phi) is 25.2. The molecule has 0 atom stereocenters. The maximum absolute atomic E-state index is 10.3. The minimum atomic E-state index is -5.17. The molecule has 0 aromatic rings. The Bertz CT molecular complexity index is 324. The Morgan fingerprint density at radius 1 is 0.818 bits per heavy atom. The summed E-state index contributed by atoms with van der Waals surface area (Å²) >= 11 is 0. The molecule has 0 rings (SSSR count). The zero-order valence-corrected chi connectivity index (χ0v) is 18.8. The summed E-state index contributed by atoms with van der Waals surface area (Å²) < 4.78 is 34.1. The molecule has 0 amide bonds. The molecule has 0 radical (unpaired) electrons. The van der Waals surface area contributed by atoms with Gasteiger partial charge in [0, 0.05) is 16.8 Å². The standard InChI is InChI=1S/C14H28O2.Ba.H2O4S/c1-2-3-4-5-6-7-8-9-10-11-12-13-14(15)16;;1-5(2,3)4/h2-13H2,1H3,(H,15,16);;(H2,1,2,3,4)/q;+2;/p-2. The van der Waals surface area contributed by atoms with Crippen LogP contribution in [0.3, 0.4) is 0 Å². The monoisotopic (exact) mass is 462 g/mol. The maximum Gasteiger partial charge on any atom is 2.00 e. The van der Waals surface area contributed by atoms with E-state index in [4.69, 9.17) is 22.6 Å². The van der Waals surface area contributed by atoms with Gasteiger partial charge in [-0.2, -0.15) is 0 Å². The molecule has 0 fully saturated rings. The fourth-order valence-corrected chi connectivity index (χ4v) is 1.94. The van der Waals surface area contributed by atoms with Gasteiger partial charge in [0.05, 0.1) is 0 Å². The van der Waals surface area contributed by atoms with Crippen LogP contribution in [-0.2, 0) is 15.2 Å². The molecule has 128 valence electrons. The molecule has 0 saturated carbocycles. The quantitative estimate of drug-likeness (QED) is 0.206. The normalized spacial score (nSPS) is 10.3. The first kappa shape index (κ1) is 27.7. The zero-order chi connectivity index (χ0) is 16.6. The summed E-state index contributed by atoms with van der Waals surface area (Å²) in [6, 6.07) is 0. The smallest absolute Gasteiger partial charge is 0.759 e. The van der Waals surface area contributed by atoms with Crippen molar-refractivity contribution in [1.29, 1.82) is 0 Å². The van der Waals surface area contributed by atoms with Crippen LogP contribution >= 0.6 is 0 Å². The molecule has 6 nitrogen and oxygen atoms in total. The van der Waals surface area contributed by atoms with E-state index in [-0.39, 0.29) is 48.9 Å². The van der Waals surface area contributed by atoms with Crippen molar-refractivity contribution in [3.8, 4) is 0 Å². The van der Waals surface area contributed by atoms with Crippen molar-refractivity contribution in [2.75, 3.05) is 0 Å². The van der Waals surface area contributed by atoms with Crippen LogP contribution in [0.1, 0.15) is 84.0 Å². The average Bonchev–Trinajstić information content (AvgIpc) is 2.33. The number of rotatable bonds is 12. The van der Waals surface area contributed by atoms with E-state index in [0.717, 1.165) is 12.8 Å². The van der Waals surface area contributed by atoms with Crippen molar-refractivity contribution in [3.05, 3.63) is 0 Å². The number of hydrogen-bond donors (Lipinski definition) is 1. The van der Waals surface area contributed by atoms with Crippen molar-refractivity contribution < 1.29 is 27.4 Å². The zero-order valence-electron chi connectivity index (χ0n) is 13.6. The van der Waals surface area contributed by atoms with Crippen LogP contribution in [0.15, 0.2) is 0 Å². The predicted molar refractivity (Wildman–Crippen MR) is 84.9 cm³/mol. The van der Waals surface area contributed by atoms with E-state index >= 15 is 0 Å². The van der Waals surface area contributed by atoms with Gasteiger partial charge >= 0.3 is 54.9 Å². The van der Waals surface area contributed by atoms with Crippen molar-refractivity contribution in [1.82, 2.24) is 0 Å². The minimum absolute atomic E-state index is 0. The first-order chi connectivity index (χ1) is 9.77. The Morgan fingerprint density at radius 3 is 1.36 bits per heavy atom. The second-order valence-corrected chi connectivity index (χ2v) is 5.90. The third kappa shape index (κ3) is 42.8. The molecule has 0 heterocycles. The van der Waals surface area contributed by atoms with E-state index in [1.54, 1.807) is 0 Å². The van der Waals surface area contributed by atoms with Crippen LogP contribution in [0.5, 0.6) is 0 Å². The van der Waals surface area contributed by atoms with E-state index in [1.165, 1.54) is 57.8 Å². The molecule has 8 heteroatoms. The molecule has 0 aromatic carbocycles. The molecule has 0 unspecified atom stereocenters. The van der Waals surface area contributed by atoms with Crippen molar-refractivity contribution in [3.63, 3.8) is 0 Å². The van der Waals surface area contributed by atoms with Crippen molar-refractivity contribution in [2.45, 2.75) is 84.0 Å². The summed E-state index contributed by atoms with van der Waals surface area (Å²) in [6.07, 6.45) is 14.4. The van der Waals surface area contributed by atoms with Crippen LogP contribution in [0.2, 0.25) is 0 Å². The largest absolute Gasteiger partial charge is 2.00 e. The van der Waals surface area contributed by atoms with Crippen LogP contribution in [0, 0.1) is 0 Å². The van der Waals surface area contributed by atoms with Crippen molar-refractivity contribution in [2.24, 2.45) is 0 Å². The molecule has 0 aliphatic carbocycles. The Morgan fingerprint density at radius 2 is 1.09 bits per heavy atom. The fraction of sp³-hybridized carbons (Fsp3) is 0.929. The summed E-state index contributed by atoms with van der Waals surface area (Å²) in [4.78, 5) is 10.3. The topological polar surface area (TPSA) is 118 Å². The summed E-state index contributed by atoms with van der Waals surface area (Å²) in [7, 11) is -5.17. The SMILES string of the molecule is CCCCCCCCCCCCCC(=O)O.O=S(=O)([O-])[O-].[Ba+2]. The van der Waals surface area contributed by atoms with Gasteiger partial charge < -0.3 is 14.2 Å². The van der Waals surface area contributed by atoms with Gasteiger partial charge in [-0.05, 0) is 6.42 Å². The molecule has 0 bridgehead atoms. The van der Waals surface area contributed by atoms with E-state index < -0.39 is 16.4 Å². The first-order valence-corrected chi connectivity index (χ1v) is 8.99. The predicted octanol–water partition coefficient (Wildman–Crippen LogP) is 3.05. The number of unbranched alkanes of at least 4 members (excludes halogenated alkanes) is 10. The van der Waals surface area contributed by atoms with Crippen LogP contribution in [-0.4, -0.2) is 77.5 Å². The number of hydrogen-bond acceptors (Lipinski definition) is 5. The van der Waals surface area contributed by atoms with Gasteiger partial charge in [0.1, 0.15) is 0 Å². The summed E-state index contributed by atoms with van der Waals surface area (Å²) in [6.45, 7) is 2.25. The maximum atomic E-state index is 10.3. The molecule has 0 spiro atoms. The van der Waals surface area contributed by atoms with Gasteiger partial charge in [0.25, 0.3) is 0 Å². The van der Waals surface area contributed by atoms with Gasteiger partial charge in [-0.3, -0.25) is 13.2 Å². The summed E-state index contributed by atoms with van der Waals surface area (Å²) in [5.41, 5.74) is 0. The van der Waals surface area contributed by atoms with E-state index in [2.05, 4.69) is 6.92 Å². The van der Waals surface area contributed by atoms with E-state index in [0.29, 0.717) is 6.42 Å². The third-order valence-corrected chi connectivity index (χ3v) is 2.99. The van der Waals surface area contributed by atoms with Gasteiger partial charge in [-0.25, -0.2) is 0 Å². The average molecular weight is 462 g/mol. The second kappa shape index (κ2) is 20.0. The van der Waals surface area contributed by atoms with Gasteiger partial charge in [-0.15, -0.1) is 0 Å². The summed E-state index contributed by atoms with van der Waals surface area (Å²) in [5.74, 6) is -0.657. The van der Waals surface area contributed by atoms with Crippen molar-refractivity contribution >= 4 is 65.2 Å². The van der Waals surface area contributed by atoms with E-state index in [9.17, 15) is 4.79 Å². The molecular formula is C14H28BaO6S. The van der Waals surface area contributed by atoms with Gasteiger partial charge in [0.2, 0.25) is 0 Å². The first-order valence-electron chi connectivity index (χ1n) is 7.66. The number of carboxylic acids is 1. The van der Waals surface area contributed by atoms with Crippen LogP contribution < -0.4 is 0 Å². The molecule has 1 N–H and O–H groups in total. The van der Waals surface area contributed by atoms with Gasteiger partial charge in [-0.1, -0.05) is 71.1 Å². The summed E-state index contributed by atoms with van der Waals surface area (Å²) in [5, 5.41) is 8.46. The molecular weight excluding hydrogens is 434 g/mol. The minimum Gasteiger partial charge on any atom is -0.759 e. The number of carboxylic acid groups (broad SMARTS) is 1. The molecule has 0 saturated heterocycles. The molecule has 0 aromatic heterocycles. The molecule has 22 heavy (non-hydrogen) atoms.